The lowest BCUT2D eigenvalue weighted by molar-refractivity contribution is -0.144. The van der Waals surface area contributed by atoms with E-state index < -0.39 is 17.5 Å². The minimum absolute atomic E-state index is 0.395. The average Bonchev–Trinajstić information content (AvgIpc) is 2.18. The molecule has 6 nitrogen and oxygen atoms in total. The maximum Gasteiger partial charge on any atom is 0.329 e. The Hall–Kier alpha value is -1.30. The van der Waals surface area contributed by atoms with Crippen molar-refractivity contribution >= 4 is 12.0 Å². The van der Waals surface area contributed by atoms with E-state index in [0.29, 0.717) is 32.4 Å². The van der Waals surface area contributed by atoms with Crippen LogP contribution in [0.3, 0.4) is 0 Å². The summed E-state index contributed by atoms with van der Waals surface area (Å²) in [5, 5.41) is 14.0. The van der Waals surface area contributed by atoms with Gasteiger partial charge in [0.2, 0.25) is 0 Å². The molecule has 0 bridgehead atoms. The molecular weight excluding hydrogens is 210 g/mol. The van der Waals surface area contributed by atoms with Gasteiger partial charge in [0.15, 0.2) is 0 Å². The smallest absolute Gasteiger partial charge is 0.329 e. The van der Waals surface area contributed by atoms with Gasteiger partial charge in [0, 0.05) is 6.54 Å². The first-order valence-electron chi connectivity index (χ1n) is 5.45. The minimum Gasteiger partial charge on any atom is -0.480 e. The molecule has 0 aromatic rings. The van der Waals surface area contributed by atoms with Gasteiger partial charge in [0.05, 0.1) is 0 Å². The molecule has 0 aliphatic rings. The number of carboxylic acid groups (broad SMARTS) is 1. The number of hydrogen-bond donors (Lipinski definition) is 4. The summed E-state index contributed by atoms with van der Waals surface area (Å²) < 4.78 is 0. The number of amides is 2. The Labute approximate surface area is 95.6 Å². The zero-order valence-electron chi connectivity index (χ0n) is 9.88. The second kappa shape index (κ2) is 7.05. The van der Waals surface area contributed by atoms with Crippen LogP contribution < -0.4 is 16.4 Å². The van der Waals surface area contributed by atoms with Crippen LogP contribution in [-0.4, -0.2) is 35.7 Å². The third-order valence-corrected chi connectivity index (χ3v) is 2.28. The summed E-state index contributed by atoms with van der Waals surface area (Å²) in [6.07, 6.45) is 1.75. The second-order valence-corrected chi connectivity index (χ2v) is 3.91. The van der Waals surface area contributed by atoms with E-state index in [9.17, 15) is 9.59 Å². The molecule has 0 aliphatic carbocycles. The zero-order valence-corrected chi connectivity index (χ0v) is 9.88. The fourth-order valence-electron chi connectivity index (χ4n) is 1.32. The summed E-state index contributed by atoms with van der Waals surface area (Å²) >= 11 is 0. The van der Waals surface area contributed by atoms with Crippen LogP contribution >= 0.6 is 0 Å². The number of rotatable bonds is 7. The second-order valence-electron chi connectivity index (χ2n) is 3.91. The van der Waals surface area contributed by atoms with E-state index in [2.05, 4.69) is 10.6 Å². The molecule has 0 rings (SSSR count). The van der Waals surface area contributed by atoms with E-state index in [0.717, 1.165) is 0 Å². The quantitative estimate of drug-likeness (QED) is 0.472. The highest BCUT2D eigenvalue weighted by Gasteiger charge is 2.33. The normalized spacial score (nSPS) is 13.9. The van der Waals surface area contributed by atoms with Crippen molar-refractivity contribution in [1.29, 1.82) is 0 Å². The van der Waals surface area contributed by atoms with Gasteiger partial charge in [-0.15, -0.1) is 0 Å². The molecule has 0 saturated carbocycles. The Balaban J connectivity index is 4.19. The molecular formula is C10H21N3O3. The lowest BCUT2D eigenvalue weighted by atomic mass is 9.97. The van der Waals surface area contributed by atoms with Crippen LogP contribution in [0.5, 0.6) is 0 Å². The third kappa shape index (κ3) is 4.97. The Bertz CT molecular complexity index is 245. The number of carbonyl (C=O) groups excluding carboxylic acids is 1. The molecule has 0 fully saturated rings. The minimum atomic E-state index is -1.21. The summed E-state index contributed by atoms with van der Waals surface area (Å²) in [6.45, 7) is 4.31. The number of hydrogen-bond acceptors (Lipinski definition) is 3. The summed E-state index contributed by atoms with van der Waals surface area (Å²) in [6, 6.07) is -0.466. The summed E-state index contributed by atoms with van der Waals surface area (Å²) in [4.78, 5) is 22.4. The van der Waals surface area contributed by atoms with Gasteiger partial charge in [-0.1, -0.05) is 13.3 Å². The molecule has 0 heterocycles. The average molecular weight is 231 g/mol. The lowest BCUT2D eigenvalue weighted by Crippen LogP contribution is -2.55. The first kappa shape index (κ1) is 14.7. The molecule has 0 aromatic heterocycles. The number of carboxylic acids is 1. The van der Waals surface area contributed by atoms with Gasteiger partial charge >= 0.3 is 12.0 Å². The van der Waals surface area contributed by atoms with Crippen molar-refractivity contribution in [2.75, 3.05) is 13.1 Å². The number of nitrogens with two attached hydrogens (primary N) is 1. The van der Waals surface area contributed by atoms with Gasteiger partial charge in [-0.2, -0.15) is 0 Å². The Morgan fingerprint density at radius 1 is 1.44 bits per heavy atom. The molecule has 0 aliphatic heterocycles. The summed E-state index contributed by atoms with van der Waals surface area (Å²) in [7, 11) is 0. The van der Waals surface area contributed by atoms with E-state index in [1.807, 2.05) is 6.92 Å². The predicted molar refractivity (Wildman–Crippen MR) is 61.2 cm³/mol. The Morgan fingerprint density at radius 3 is 2.50 bits per heavy atom. The van der Waals surface area contributed by atoms with Crippen LogP contribution in [0.25, 0.3) is 0 Å². The van der Waals surface area contributed by atoms with E-state index in [-0.39, 0.29) is 0 Å². The molecule has 94 valence electrons. The highest BCUT2D eigenvalue weighted by molar-refractivity contribution is 5.85. The summed E-state index contributed by atoms with van der Waals surface area (Å²) in [5.41, 5.74) is 4.07. The standard InChI is InChI=1S/C10H21N3O3/c1-3-5-10(2,8(14)15)13-9(16)12-7-4-6-11/h3-7,11H2,1-2H3,(H,14,15)(H2,12,13,16). The molecule has 1 unspecified atom stereocenters. The maximum atomic E-state index is 11.4. The van der Waals surface area contributed by atoms with Crippen molar-refractivity contribution in [3.63, 3.8) is 0 Å². The number of nitrogens with one attached hydrogen (secondary N) is 2. The zero-order chi connectivity index (χ0) is 12.6. The third-order valence-electron chi connectivity index (χ3n) is 2.28. The Kier molecular flexibility index (Phi) is 6.48. The summed E-state index contributed by atoms with van der Waals surface area (Å²) in [5.74, 6) is -1.02. The van der Waals surface area contributed by atoms with Crippen LogP contribution in [0.4, 0.5) is 4.79 Å². The highest BCUT2D eigenvalue weighted by atomic mass is 16.4. The van der Waals surface area contributed by atoms with Gasteiger partial charge in [-0.25, -0.2) is 9.59 Å². The van der Waals surface area contributed by atoms with Gasteiger partial charge in [0.1, 0.15) is 5.54 Å². The number of aliphatic carboxylic acids is 1. The Morgan fingerprint density at radius 2 is 2.06 bits per heavy atom. The van der Waals surface area contributed by atoms with Crippen molar-refractivity contribution < 1.29 is 14.7 Å². The lowest BCUT2D eigenvalue weighted by Gasteiger charge is -2.25. The van der Waals surface area contributed by atoms with Crippen LogP contribution in [0.2, 0.25) is 0 Å². The first-order valence-corrected chi connectivity index (χ1v) is 5.45. The van der Waals surface area contributed by atoms with E-state index in [4.69, 9.17) is 10.8 Å². The monoisotopic (exact) mass is 231 g/mol. The van der Waals surface area contributed by atoms with Gasteiger partial charge in [0.25, 0.3) is 0 Å². The van der Waals surface area contributed by atoms with Crippen LogP contribution in [0, 0.1) is 0 Å². The largest absolute Gasteiger partial charge is 0.480 e. The number of carbonyl (C=O) groups is 2. The number of urea groups is 1. The van der Waals surface area contributed by atoms with Crippen LogP contribution in [-0.2, 0) is 4.79 Å². The topological polar surface area (TPSA) is 104 Å². The van der Waals surface area contributed by atoms with Crippen LogP contribution in [0.15, 0.2) is 0 Å². The van der Waals surface area contributed by atoms with Gasteiger partial charge in [-0.3, -0.25) is 0 Å². The predicted octanol–water partition coefficient (Wildman–Crippen LogP) is 0.278. The van der Waals surface area contributed by atoms with E-state index in [1.54, 1.807) is 0 Å². The maximum absolute atomic E-state index is 11.4. The molecule has 1 atom stereocenters. The molecule has 16 heavy (non-hydrogen) atoms. The molecule has 2 amide bonds. The van der Waals surface area contributed by atoms with Crippen molar-refractivity contribution in [3.8, 4) is 0 Å². The molecule has 0 saturated heterocycles. The van der Waals surface area contributed by atoms with Crippen molar-refractivity contribution in [1.82, 2.24) is 10.6 Å². The fourth-order valence-corrected chi connectivity index (χ4v) is 1.32. The van der Waals surface area contributed by atoms with E-state index in [1.165, 1.54) is 6.92 Å². The first-order chi connectivity index (χ1) is 7.46. The van der Waals surface area contributed by atoms with Crippen molar-refractivity contribution in [3.05, 3.63) is 0 Å². The molecule has 6 heteroatoms. The SMILES string of the molecule is CCCC(C)(NC(=O)NCCCN)C(=O)O. The molecule has 0 radical (unpaired) electrons. The molecule has 0 aromatic carbocycles. The van der Waals surface area contributed by atoms with Crippen molar-refractivity contribution in [2.45, 2.75) is 38.6 Å². The highest BCUT2D eigenvalue weighted by Crippen LogP contribution is 2.12. The van der Waals surface area contributed by atoms with Crippen LogP contribution in [0.1, 0.15) is 33.1 Å². The molecule has 0 spiro atoms. The van der Waals surface area contributed by atoms with Gasteiger partial charge < -0.3 is 21.5 Å². The molecule has 5 N–H and O–H groups in total. The van der Waals surface area contributed by atoms with E-state index >= 15 is 0 Å². The van der Waals surface area contributed by atoms with Gasteiger partial charge in [-0.05, 0) is 26.3 Å². The fraction of sp³-hybridized carbons (Fsp3) is 0.800. The van der Waals surface area contributed by atoms with Crippen molar-refractivity contribution in [2.24, 2.45) is 5.73 Å².